The number of hydrogen-bond donors (Lipinski definition) is 1. The third kappa shape index (κ3) is 7.46. The Bertz CT molecular complexity index is 1510. The molecule has 0 amide bonds. The van der Waals surface area contributed by atoms with E-state index < -0.39 is 12.4 Å². The number of nitrogens with zero attached hydrogens (tertiary/aromatic N) is 4. The maximum Gasteiger partial charge on any atom is 0.213 e. The van der Waals surface area contributed by atoms with Crippen molar-refractivity contribution in [1.29, 1.82) is 5.26 Å². The number of carbonyl (C=O) groups excluding carboxylic acids is 1. The van der Waals surface area contributed by atoms with Crippen LogP contribution in [0.3, 0.4) is 0 Å². The van der Waals surface area contributed by atoms with Crippen molar-refractivity contribution in [2.75, 3.05) is 44.3 Å². The minimum atomic E-state index is -0.524. The zero-order chi connectivity index (χ0) is 30.3. The summed E-state index contributed by atoms with van der Waals surface area (Å²) in [5, 5.41) is 18.3. The Kier molecular flexibility index (Phi) is 9.82. The number of aryl methyl sites for hydroxylation is 1. The molecule has 0 spiro atoms. The standard InChI is InChI=1S/C34H37FN4O4/c1-23-6-8-27(33(41)21-40)17-32(23)39(20-29-12-15-42-29)24(2)19-38-13-10-26(11-14-38)31-4-3-5-34(37-31)43-22-28-9-7-25(18-36)16-30(28)35/h3-9,16-17,26,29,40H,2,10-15,19-22H2,1H3. The Hall–Kier alpha value is -4.10. The van der Waals surface area contributed by atoms with Gasteiger partial charge < -0.3 is 19.5 Å². The number of Topliss-reactive ketones (excluding diaryl/α,β-unsaturated/α-hetero) is 1. The second kappa shape index (κ2) is 13.9. The normalized spacial score (nSPS) is 17.1. The number of ketones is 1. The molecule has 2 fully saturated rings. The number of aromatic nitrogens is 1. The number of likely N-dealkylation sites (tertiary alicyclic amines) is 1. The first kappa shape index (κ1) is 30.4. The summed E-state index contributed by atoms with van der Waals surface area (Å²) in [4.78, 5) is 21.5. The van der Waals surface area contributed by atoms with Gasteiger partial charge in [-0.25, -0.2) is 9.37 Å². The highest BCUT2D eigenvalue weighted by Gasteiger charge is 2.27. The number of hydrogen-bond acceptors (Lipinski definition) is 8. The highest BCUT2D eigenvalue weighted by molar-refractivity contribution is 5.98. The van der Waals surface area contributed by atoms with E-state index in [0.29, 0.717) is 30.1 Å². The smallest absolute Gasteiger partial charge is 0.213 e. The van der Waals surface area contributed by atoms with E-state index in [1.54, 1.807) is 24.3 Å². The van der Waals surface area contributed by atoms with Crippen LogP contribution in [0.1, 0.15) is 57.9 Å². The summed E-state index contributed by atoms with van der Waals surface area (Å²) < 4.78 is 25.8. The number of piperidine rings is 1. The predicted molar refractivity (Wildman–Crippen MR) is 162 cm³/mol. The fraction of sp³-hybridized carbons (Fsp3) is 0.382. The SMILES string of the molecule is C=C(CN1CCC(c2cccc(OCc3ccc(C#N)cc3F)n2)CC1)N(CC1CCO1)c1cc(C(=O)CO)ccc1C. The quantitative estimate of drug-likeness (QED) is 0.292. The molecule has 9 heteroatoms. The first-order valence-electron chi connectivity index (χ1n) is 14.7. The molecule has 43 heavy (non-hydrogen) atoms. The highest BCUT2D eigenvalue weighted by atomic mass is 19.1. The summed E-state index contributed by atoms with van der Waals surface area (Å²) in [5.41, 5.74) is 4.97. The van der Waals surface area contributed by atoms with Gasteiger partial charge in [-0.3, -0.25) is 9.69 Å². The molecule has 1 aromatic heterocycles. The van der Waals surface area contributed by atoms with Crippen LogP contribution in [0.4, 0.5) is 10.1 Å². The molecule has 2 aliphatic heterocycles. The van der Waals surface area contributed by atoms with Gasteiger partial charge in [0.2, 0.25) is 5.88 Å². The van der Waals surface area contributed by atoms with E-state index in [1.807, 2.05) is 37.3 Å². The van der Waals surface area contributed by atoms with Crippen LogP contribution >= 0.6 is 0 Å². The third-order valence-corrected chi connectivity index (χ3v) is 8.24. The summed E-state index contributed by atoms with van der Waals surface area (Å²) in [7, 11) is 0. The lowest BCUT2D eigenvalue weighted by Gasteiger charge is -2.38. The van der Waals surface area contributed by atoms with Gasteiger partial charge in [0.25, 0.3) is 0 Å². The zero-order valence-electron chi connectivity index (χ0n) is 24.5. The van der Waals surface area contributed by atoms with Gasteiger partial charge in [-0.1, -0.05) is 30.8 Å². The number of benzene rings is 2. The Morgan fingerprint density at radius 3 is 2.67 bits per heavy atom. The molecule has 0 radical (unpaired) electrons. The lowest BCUT2D eigenvalue weighted by atomic mass is 9.93. The second-order valence-electron chi connectivity index (χ2n) is 11.2. The number of rotatable bonds is 12. The van der Waals surface area contributed by atoms with E-state index in [-0.39, 0.29) is 30.0 Å². The van der Waals surface area contributed by atoms with Crippen molar-refractivity contribution in [2.45, 2.75) is 44.8 Å². The topological polar surface area (TPSA) is 98.9 Å². The average molecular weight is 585 g/mol. The van der Waals surface area contributed by atoms with Crippen molar-refractivity contribution in [3.05, 3.63) is 101 Å². The van der Waals surface area contributed by atoms with Gasteiger partial charge in [0, 0.05) is 59.9 Å². The number of aliphatic hydroxyl groups excluding tert-OH is 1. The minimum absolute atomic E-state index is 0.0352. The van der Waals surface area contributed by atoms with Crippen molar-refractivity contribution in [3.63, 3.8) is 0 Å². The monoisotopic (exact) mass is 584 g/mol. The maximum atomic E-state index is 14.3. The van der Waals surface area contributed by atoms with Crippen molar-refractivity contribution in [3.8, 4) is 11.9 Å². The predicted octanol–water partition coefficient (Wildman–Crippen LogP) is 5.14. The Labute approximate surface area is 252 Å². The van der Waals surface area contributed by atoms with Crippen LogP contribution < -0.4 is 9.64 Å². The summed E-state index contributed by atoms with van der Waals surface area (Å²) in [6.45, 7) is 9.83. The summed E-state index contributed by atoms with van der Waals surface area (Å²) in [6.07, 6.45) is 2.97. The van der Waals surface area contributed by atoms with E-state index in [1.165, 1.54) is 6.07 Å². The second-order valence-corrected chi connectivity index (χ2v) is 11.2. The first-order chi connectivity index (χ1) is 20.8. The van der Waals surface area contributed by atoms with Gasteiger partial charge in [0.1, 0.15) is 19.0 Å². The van der Waals surface area contributed by atoms with Gasteiger partial charge in [-0.05, 0) is 69.1 Å². The van der Waals surface area contributed by atoms with E-state index in [0.717, 1.165) is 61.6 Å². The first-order valence-corrected chi connectivity index (χ1v) is 14.7. The van der Waals surface area contributed by atoms with Crippen LogP contribution in [0.5, 0.6) is 5.88 Å². The molecule has 0 aliphatic carbocycles. The van der Waals surface area contributed by atoms with E-state index in [4.69, 9.17) is 19.7 Å². The fourth-order valence-electron chi connectivity index (χ4n) is 5.55. The van der Waals surface area contributed by atoms with Gasteiger partial charge >= 0.3 is 0 Å². The molecule has 8 nitrogen and oxygen atoms in total. The summed E-state index contributed by atoms with van der Waals surface area (Å²) in [5.74, 6) is -0.0476. The molecule has 2 aromatic carbocycles. The number of nitriles is 1. The van der Waals surface area contributed by atoms with Crippen molar-refractivity contribution in [2.24, 2.45) is 0 Å². The Balaban J connectivity index is 1.19. The van der Waals surface area contributed by atoms with E-state index >= 15 is 0 Å². The van der Waals surface area contributed by atoms with Crippen LogP contribution in [0.15, 0.2) is 66.9 Å². The van der Waals surface area contributed by atoms with Crippen LogP contribution in [0.25, 0.3) is 0 Å². The molecule has 2 aliphatic rings. The van der Waals surface area contributed by atoms with Crippen LogP contribution in [0, 0.1) is 24.1 Å². The summed E-state index contributed by atoms with van der Waals surface area (Å²) >= 11 is 0. The van der Waals surface area contributed by atoms with Crippen LogP contribution in [-0.4, -0.2) is 66.3 Å². The molecule has 3 aromatic rings. The van der Waals surface area contributed by atoms with Crippen molar-refractivity contribution < 1.29 is 23.8 Å². The van der Waals surface area contributed by atoms with Crippen LogP contribution in [0.2, 0.25) is 0 Å². The maximum absolute atomic E-state index is 14.3. The average Bonchev–Trinajstić information content (AvgIpc) is 3.00. The van der Waals surface area contributed by atoms with Gasteiger partial charge in [-0.15, -0.1) is 0 Å². The molecule has 3 heterocycles. The van der Waals surface area contributed by atoms with E-state index in [2.05, 4.69) is 16.4 Å². The van der Waals surface area contributed by atoms with E-state index in [9.17, 15) is 14.3 Å². The molecule has 1 atom stereocenters. The molecule has 0 bridgehead atoms. The van der Waals surface area contributed by atoms with Gasteiger partial charge in [0.15, 0.2) is 5.78 Å². The number of pyridine rings is 1. The molecule has 224 valence electrons. The van der Waals surface area contributed by atoms with Crippen LogP contribution in [-0.2, 0) is 11.3 Å². The minimum Gasteiger partial charge on any atom is -0.473 e. The van der Waals surface area contributed by atoms with Gasteiger partial charge in [0.05, 0.1) is 17.7 Å². The van der Waals surface area contributed by atoms with Crippen molar-refractivity contribution >= 4 is 11.5 Å². The molecular formula is C34H37FN4O4. The largest absolute Gasteiger partial charge is 0.473 e. The third-order valence-electron chi connectivity index (χ3n) is 8.24. The molecule has 2 saturated heterocycles. The highest BCUT2D eigenvalue weighted by Crippen LogP contribution is 2.31. The molecule has 1 unspecified atom stereocenters. The number of anilines is 1. The molecule has 0 saturated carbocycles. The lowest BCUT2D eigenvalue weighted by molar-refractivity contribution is -0.0439. The number of ether oxygens (including phenoxy) is 2. The summed E-state index contributed by atoms with van der Waals surface area (Å²) in [6, 6.07) is 17.5. The lowest BCUT2D eigenvalue weighted by Crippen LogP contribution is -2.43. The van der Waals surface area contributed by atoms with Gasteiger partial charge in [-0.2, -0.15) is 5.26 Å². The number of halogens is 1. The molecule has 5 rings (SSSR count). The number of aliphatic hydroxyl groups is 1. The van der Waals surface area contributed by atoms with Crippen molar-refractivity contribution in [1.82, 2.24) is 9.88 Å². The Morgan fingerprint density at radius 1 is 1.21 bits per heavy atom. The fourth-order valence-corrected chi connectivity index (χ4v) is 5.55. The zero-order valence-corrected chi connectivity index (χ0v) is 24.5. The Morgan fingerprint density at radius 2 is 2.00 bits per heavy atom. The molecule has 1 N–H and O–H groups in total. The molecular weight excluding hydrogens is 547 g/mol. The number of carbonyl (C=O) groups is 1.